The quantitative estimate of drug-likeness (QED) is 0.409. The van der Waals surface area contributed by atoms with E-state index in [-0.39, 0.29) is 24.9 Å². The van der Waals surface area contributed by atoms with Gasteiger partial charge in [-0.2, -0.15) is 0 Å². The second-order valence-corrected chi connectivity index (χ2v) is 4.59. The molecule has 2 atom stereocenters. The van der Waals surface area contributed by atoms with Crippen molar-refractivity contribution < 1.29 is 14.7 Å². The number of rotatable bonds is 6. The van der Waals surface area contributed by atoms with Crippen LogP contribution in [0.2, 0.25) is 6.32 Å². The van der Waals surface area contributed by atoms with E-state index >= 15 is 0 Å². The molecule has 1 rings (SSSR count). The third-order valence-electron chi connectivity index (χ3n) is 3.24. The van der Waals surface area contributed by atoms with Crippen molar-refractivity contribution in [1.82, 2.24) is 10.4 Å². The predicted molar refractivity (Wildman–Crippen MR) is 66.6 cm³/mol. The van der Waals surface area contributed by atoms with E-state index in [1.807, 2.05) is 0 Å². The molecule has 100 valence electrons. The summed E-state index contributed by atoms with van der Waals surface area (Å²) in [6.45, 7) is 0.326. The van der Waals surface area contributed by atoms with Crippen molar-refractivity contribution in [3.63, 3.8) is 0 Å². The Kier molecular flexibility index (Phi) is 5.12. The van der Waals surface area contributed by atoms with Crippen molar-refractivity contribution in [1.29, 1.82) is 0 Å². The van der Waals surface area contributed by atoms with Gasteiger partial charge < -0.3 is 16.6 Å². The number of hydrogen-bond donors (Lipinski definition) is 4. The number of hydrogen-bond acceptors (Lipinski definition) is 5. The van der Waals surface area contributed by atoms with Crippen molar-refractivity contribution in [2.24, 2.45) is 17.4 Å². The topological polar surface area (TPSA) is 122 Å². The average molecular weight is 254 g/mol. The molecule has 6 N–H and O–H groups in total. The van der Waals surface area contributed by atoms with Gasteiger partial charge in [0.25, 0.3) is 0 Å². The fraction of sp³-hybridized carbons (Fsp3) is 0.800. The molecule has 1 aliphatic rings. The zero-order valence-corrected chi connectivity index (χ0v) is 10.3. The zero-order chi connectivity index (χ0) is 13.8. The highest BCUT2D eigenvalue weighted by Gasteiger charge is 2.49. The van der Waals surface area contributed by atoms with Gasteiger partial charge in [-0.3, -0.25) is 15.0 Å². The van der Waals surface area contributed by atoms with E-state index in [1.54, 1.807) is 0 Å². The number of carbonyl (C=O) groups is 2. The third kappa shape index (κ3) is 3.21. The van der Waals surface area contributed by atoms with E-state index in [4.69, 9.17) is 19.3 Å². The third-order valence-corrected chi connectivity index (χ3v) is 3.24. The van der Waals surface area contributed by atoms with Crippen LogP contribution in [0.15, 0.2) is 0 Å². The smallest absolute Gasteiger partial charge is 0.325 e. The van der Waals surface area contributed by atoms with Gasteiger partial charge >= 0.3 is 5.97 Å². The fourth-order valence-corrected chi connectivity index (χ4v) is 2.20. The van der Waals surface area contributed by atoms with Gasteiger partial charge in [-0.15, -0.1) is 0 Å². The van der Waals surface area contributed by atoms with E-state index in [9.17, 15) is 14.7 Å². The molecule has 0 aromatic carbocycles. The number of hydrazine groups is 1. The molecule has 0 aromatic rings. The molecule has 0 saturated carbocycles. The van der Waals surface area contributed by atoms with Crippen molar-refractivity contribution in [2.45, 2.75) is 24.7 Å². The minimum atomic E-state index is -1.35. The Bertz CT molecular complexity index is 328. The number of nitrogens with zero attached hydrogens (tertiary/aromatic N) is 1. The summed E-state index contributed by atoms with van der Waals surface area (Å²) >= 11 is 0. The molecule has 1 saturated heterocycles. The molecule has 0 aromatic heterocycles. The summed E-state index contributed by atoms with van der Waals surface area (Å²) in [6.07, 6.45) is 1.81. The maximum atomic E-state index is 11.3. The van der Waals surface area contributed by atoms with Crippen LogP contribution in [0, 0.1) is 5.92 Å². The average Bonchev–Trinajstić information content (AvgIpc) is 2.64. The molecule has 0 bridgehead atoms. The summed E-state index contributed by atoms with van der Waals surface area (Å²) in [5.41, 5.74) is 12.3. The van der Waals surface area contributed by atoms with Crippen LogP contribution in [0.4, 0.5) is 0 Å². The maximum absolute atomic E-state index is 11.3. The van der Waals surface area contributed by atoms with Crippen LogP contribution in [0.25, 0.3) is 0 Å². The minimum absolute atomic E-state index is 0.0727. The van der Waals surface area contributed by atoms with E-state index in [0.717, 1.165) is 0 Å². The highest BCUT2D eigenvalue weighted by molar-refractivity contribution is 6.08. The van der Waals surface area contributed by atoms with Crippen LogP contribution in [-0.4, -0.2) is 55.0 Å². The summed E-state index contributed by atoms with van der Waals surface area (Å²) in [6, 6.07) is 0. The lowest BCUT2D eigenvalue weighted by Gasteiger charge is -2.25. The summed E-state index contributed by atoms with van der Waals surface area (Å²) in [5.74, 6) is -1.66. The molecule has 1 aliphatic heterocycles. The molecule has 7 nitrogen and oxygen atoms in total. The summed E-state index contributed by atoms with van der Waals surface area (Å²) < 4.78 is 0. The number of aliphatic carboxylic acids is 1. The lowest BCUT2D eigenvalue weighted by atomic mass is 9.83. The van der Waals surface area contributed by atoms with Gasteiger partial charge in [-0.1, -0.05) is 12.7 Å². The molecular weight excluding hydrogens is 235 g/mol. The normalized spacial score (nSPS) is 28.2. The highest BCUT2D eigenvalue weighted by atomic mass is 16.4. The second-order valence-electron chi connectivity index (χ2n) is 4.59. The van der Waals surface area contributed by atoms with Crippen LogP contribution < -0.4 is 16.9 Å². The first kappa shape index (κ1) is 14.9. The van der Waals surface area contributed by atoms with Crippen molar-refractivity contribution in [3.05, 3.63) is 0 Å². The number of carbonyl (C=O) groups excluding carboxylic acids is 1. The Morgan fingerprint density at radius 1 is 1.56 bits per heavy atom. The van der Waals surface area contributed by atoms with Gasteiger partial charge in [0, 0.05) is 19.0 Å². The molecule has 0 unspecified atom stereocenters. The Morgan fingerprint density at radius 2 is 2.22 bits per heavy atom. The second kappa shape index (κ2) is 6.17. The highest BCUT2D eigenvalue weighted by Crippen LogP contribution is 2.29. The molecular formula is C10H19BN4O3. The van der Waals surface area contributed by atoms with Gasteiger partial charge in [0.2, 0.25) is 5.91 Å². The van der Waals surface area contributed by atoms with E-state index in [2.05, 4.69) is 5.43 Å². The predicted octanol–water partition coefficient (Wildman–Crippen LogP) is -1.94. The minimum Gasteiger partial charge on any atom is -0.480 e. The molecule has 0 aliphatic carbocycles. The largest absolute Gasteiger partial charge is 0.480 e. The molecule has 0 spiro atoms. The first-order valence-electron chi connectivity index (χ1n) is 5.91. The number of nitrogens with one attached hydrogen (secondary N) is 1. The molecule has 18 heavy (non-hydrogen) atoms. The molecule has 2 radical (unpaired) electrons. The van der Waals surface area contributed by atoms with Gasteiger partial charge in [0.05, 0.1) is 14.4 Å². The Morgan fingerprint density at radius 3 is 2.72 bits per heavy atom. The Labute approximate surface area is 107 Å². The molecule has 8 heteroatoms. The Hall–Kier alpha value is -1.12. The van der Waals surface area contributed by atoms with Crippen molar-refractivity contribution in [2.75, 3.05) is 19.6 Å². The molecule has 1 heterocycles. The number of carboxylic acid groups (broad SMARTS) is 1. The van der Waals surface area contributed by atoms with E-state index < -0.39 is 11.5 Å². The standard InChI is InChI=1S/C10H19BN4O3/c11-3-1-2-7-5-15(14-8(16)4-12)6-10(7,13)9(17)18/h7H,1-6,12-13H2,(H,14,16)(H,17,18)/t7-,10-/m0/s1. The molecule has 1 fully saturated rings. The van der Waals surface area contributed by atoms with Crippen LogP contribution in [0.1, 0.15) is 12.8 Å². The maximum Gasteiger partial charge on any atom is 0.325 e. The van der Waals surface area contributed by atoms with Gasteiger partial charge in [0.1, 0.15) is 5.54 Å². The van der Waals surface area contributed by atoms with Crippen LogP contribution >= 0.6 is 0 Å². The van der Waals surface area contributed by atoms with Gasteiger partial charge in [-0.05, 0) is 6.42 Å². The summed E-state index contributed by atoms with van der Waals surface area (Å²) in [4.78, 5) is 22.5. The van der Waals surface area contributed by atoms with E-state index in [0.29, 0.717) is 25.7 Å². The van der Waals surface area contributed by atoms with E-state index in [1.165, 1.54) is 5.01 Å². The zero-order valence-electron chi connectivity index (χ0n) is 10.3. The van der Waals surface area contributed by atoms with Crippen molar-refractivity contribution in [3.8, 4) is 0 Å². The van der Waals surface area contributed by atoms with Crippen LogP contribution in [0.3, 0.4) is 0 Å². The SMILES string of the molecule is [B]CCC[C@H]1CN(NC(=O)CN)C[C@@]1(N)C(=O)O. The van der Waals surface area contributed by atoms with Gasteiger partial charge in [-0.25, -0.2) is 5.01 Å². The summed E-state index contributed by atoms with van der Waals surface area (Å²) in [5, 5.41) is 10.7. The monoisotopic (exact) mass is 254 g/mol. The van der Waals surface area contributed by atoms with Crippen molar-refractivity contribution >= 4 is 19.7 Å². The fourth-order valence-electron chi connectivity index (χ4n) is 2.20. The molecule has 1 amide bonds. The Balaban J connectivity index is 2.70. The number of nitrogens with two attached hydrogens (primary N) is 2. The first-order chi connectivity index (χ1) is 8.43. The lowest BCUT2D eigenvalue weighted by molar-refractivity contribution is -0.144. The first-order valence-corrected chi connectivity index (χ1v) is 5.91. The number of amides is 1. The van der Waals surface area contributed by atoms with Crippen LogP contribution in [-0.2, 0) is 9.59 Å². The van der Waals surface area contributed by atoms with Gasteiger partial charge in [0.15, 0.2) is 0 Å². The summed E-state index contributed by atoms with van der Waals surface area (Å²) in [7, 11) is 5.42. The van der Waals surface area contributed by atoms with Crippen LogP contribution in [0.5, 0.6) is 0 Å². The lowest BCUT2D eigenvalue weighted by Crippen LogP contribution is -2.56. The number of carboxylic acids is 1.